The number of rotatable bonds is 14. The van der Waals surface area contributed by atoms with Gasteiger partial charge in [0.1, 0.15) is 17.3 Å². The van der Waals surface area contributed by atoms with Crippen LogP contribution >= 0.6 is 0 Å². The van der Waals surface area contributed by atoms with Gasteiger partial charge in [-0.2, -0.15) is 5.26 Å². The first-order chi connectivity index (χ1) is 16.7. The molecule has 35 heavy (non-hydrogen) atoms. The summed E-state index contributed by atoms with van der Waals surface area (Å²) in [5.41, 5.74) is 6.30. The Balaban J connectivity index is 2.15. The number of nitriles is 1. The summed E-state index contributed by atoms with van der Waals surface area (Å²) in [6.45, 7) is 8.44. The molecule has 0 saturated heterocycles. The second-order valence-corrected chi connectivity index (χ2v) is 10.4. The molecule has 9 nitrogen and oxygen atoms in total. The van der Waals surface area contributed by atoms with E-state index in [2.05, 4.69) is 29.4 Å². The highest BCUT2D eigenvalue weighted by molar-refractivity contribution is 7.89. The predicted molar refractivity (Wildman–Crippen MR) is 139 cm³/mol. The van der Waals surface area contributed by atoms with Gasteiger partial charge in [0.05, 0.1) is 10.6 Å². The summed E-state index contributed by atoms with van der Waals surface area (Å²) >= 11 is 0. The Morgan fingerprint density at radius 1 is 1.09 bits per heavy atom. The summed E-state index contributed by atoms with van der Waals surface area (Å²) < 4.78 is 29.3. The van der Waals surface area contributed by atoms with E-state index in [1.165, 1.54) is 16.7 Å². The van der Waals surface area contributed by atoms with Crippen LogP contribution in [-0.4, -0.2) is 24.6 Å². The van der Waals surface area contributed by atoms with Gasteiger partial charge in [0.25, 0.3) is 5.56 Å². The molecule has 1 unspecified atom stereocenters. The third-order valence-electron chi connectivity index (χ3n) is 6.14. The maximum absolute atomic E-state index is 12.9. The van der Waals surface area contributed by atoms with Crippen molar-refractivity contribution >= 4 is 21.4 Å². The number of anilines is 2. The van der Waals surface area contributed by atoms with Crippen molar-refractivity contribution in [3.05, 3.63) is 45.7 Å². The maximum Gasteiger partial charge on any atom is 0.278 e. The molecule has 0 aliphatic heterocycles. The van der Waals surface area contributed by atoms with Gasteiger partial charge in [-0.3, -0.25) is 14.8 Å². The number of benzene rings is 1. The Morgan fingerprint density at radius 2 is 1.74 bits per heavy atom. The number of hydrogen-bond acceptors (Lipinski definition) is 7. The zero-order valence-electron chi connectivity index (χ0n) is 21.0. The van der Waals surface area contributed by atoms with Gasteiger partial charge >= 0.3 is 0 Å². The SMILES string of the molecule is CCCCC(CC)CNS(=O)(=O)c1ccc(NNc2c(C)c(C#N)c(O)n(CCCC)c2=O)cc1. The first-order valence-electron chi connectivity index (χ1n) is 12.2. The van der Waals surface area contributed by atoms with Crippen molar-refractivity contribution in [2.75, 3.05) is 17.4 Å². The molecule has 0 fully saturated rings. The lowest BCUT2D eigenvalue weighted by Crippen LogP contribution is -2.29. The van der Waals surface area contributed by atoms with Gasteiger partial charge in [0.2, 0.25) is 15.9 Å². The van der Waals surface area contributed by atoms with Crippen LogP contribution in [0, 0.1) is 24.2 Å². The van der Waals surface area contributed by atoms with Gasteiger partial charge in [-0.1, -0.05) is 46.5 Å². The molecule has 0 amide bonds. The fourth-order valence-corrected chi connectivity index (χ4v) is 4.85. The fourth-order valence-electron chi connectivity index (χ4n) is 3.73. The number of hydrazine groups is 1. The third kappa shape index (κ3) is 7.23. The zero-order chi connectivity index (χ0) is 26.0. The van der Waals surface area contributed by atoms with Gasteiger partial charge in [-0.25, -0.2) is 13.1 Å². The van der Waals surface area contributed by atoms with Gasteiger partial charge in [-0.05, 0) is 49.9 Å². The van der Waals surface area contributed by atoms with Crippen LogP contribution in [0.4, 0.5) is 11.4 Å². The molecule has 2 rings (SSSR count). The maximum atomic E-state index is 12.9. The molecular formula is C25H37N5O4S. The molecule has 4 N–H and O–H groups in total. The van der Waals surface area contributed by atoms with Gasteiger partial charge in [-0.15, -0.1) is 0 Å². The summed E-state index contributed by atoms with van der Waals surface area (Å²) in [6, 6.07) is 8.11. The number of aromatic nitrogens is 1. The van der Waals surface area contributed by atoms with Crippen LogP contribution < -0.4 is 21.1 Å². The molecule has 0 spiro atoms. The molecule has 0 radical (unpaired) electrons. The Bertz CT molecular complexity index is 1180. The fraction of sp³-hybridized carbons (Fsp3) is 0.520. The van der Waals surface area contributed by atoms with E-state index < -0.39 is 15.6 Å². The van der Waals surface area contributed by atoms with E-state index in [1.54, 1.807) is 19.1 Å². The van der Waals surface area contributed by atoms with Crippen molar-refractivity contribution in [2.24, 2.45) is 5.92 Å². The lowest BCUT2D eigenvalue weighted by molar-refractivity contribution is 0.399. The molecule has 192 valence electrons. The number of nitrogens with one attached hydrogen (secondary N) is 3. The average molecular weight is 504 g/mol. The number of unbranched alkanes of at least 4 members (excludes halogenated alkanes) is 2. The van der Waals surface area contributed by atoms with Crippen molar-refractivity contribution in [3.8, 4) is 11.9 Å². The number of nitrogens with zero attached hydrogens (tertiary/aromatic N) is 2. The highest BCUT2D eigenvalue weighted by Gasteiger charge is 2.19. The molecule has 1 aromatic heterocycles. The predicted octanol–water partition coefficient (Wildman–Crippen LogP) is 4.47. The van der Waals surface area contributed by atoms with Crippen LogP contribution in [0.2, 0.25) is 0 Å². The number of hydrogen-bond donors (Lipinski definition) is 4. The largest absolute Gasteiger partial charge is 0.493 e. The molecule has 1 heterocycles. The van der Waals surface area contributed by atoms with Crippen molar-refractivity contribution in [1.82, 2.24) is 9.29 Å². The van der Waals surface area contributed by atoms with Crippen LogP contribution in [0.25, 0.3) is 0 Å². The van der Waals surface area contributed by atoms with Crippen molar-refractivity contribution < 1.29 is 13.5 Å². The molecular weight excluding hydrogens is 466 g/mol. The van der Waals surface area contributed by atoms with Gasteiger partial charge in [0, 0.05) is 18.7 Å². The van der Waals surface area contributed by atoms with Crippen LogP contribution in [0.3, 0.4) is 0 Å². The van der Waals surface area contributed by atoms with E-state index in [1.807, 2.05) is 13.0 Å². The molecule has 1 aromatic carbocycles. The molecule has 0 aliphatic carbocycles. The molecule has 0 aliphatic rings. The minimum Gasteiger partial charge on any atom is -0.493 e. The smallest absolute Gasteiger partial charge is 0.278 e. The van der Waals surface area contributed by atoms with Gasteiger partial charge < -0.3 is 10.5 Å². The second-order valence-electron chi connectivity index (χ2n) is 8.66. The minimum absolute atomic E-state index is 0.0295. The zero-order valence-corrected chi connectivity index (χ0v) is 21.8. The second kappa shape index (κ2) is 13.2. The van der Waals surface area contributed by atoms with E-state index in [4.69, 9.17) is 0 Å². The molecule has 10 heteroatoms. The summed E-state index contributed by atoms with van der Waals surface area (Å²) in [5, 5.41) is 19.8. The summed E-state index contributed by atoms with van der Waals surface area (Å²) in [4.78, 5) is 13.1. The Kier molecular flexibility index (Phi) is 10.6. The summed E-state index contributed by atoms with van der Waals surface area (Å²) in [6.07, 6.45) is 5.57. The van der Waals surface area contributed by atoms with E-state index >= 15 is 0 Å². The number of sulfonamides is 1. The molecule has 1 atom stereocenters. The van der Waals surface area contributed by atoms with Crippen LogP contribution in [0.1, 0.15) is 70.4 Å². The van der Waals surface area contributed by atoms with Crippen molar-refractivity contribution in [2.45, 2.75) is 77.7 Å². The van der Waals surface area contributed by atoms with Crippen LogP contribution in [0.5, 0.6) is 5.88 Å². The van der Waals surface area contributed by atoms with Gasteiger partial charge in [0.15, 0.2) is 0 Å². The van der Waals surface area contributed by atoms with Crippen molar-refractivity contribution in [1.29, 1.82) is 5.26 Å². The molecule has 0 saturated carbocycles. The average Bonchev–Trinajstić information content (AvgIpc) is 2.84. The standard InChI is InChI=1S/C25H37N5O4S/c1-5-8-10-19(7-3)17-27-35(33,34)21-13-11-20(12-14-21)28-29-23-18(4)22(16-26)24(31)30(25(23)32)15-9-6-2/h11-14,19,27-29,31H,5-10,15,17H2,1-4H3. The summed E-state index contributed by atoms with van der Waals surface area (Å²) in [7, 11) is -3.63. The lowest BCUT2D eigenvalue weighted by Gasteiger charge is -2.17. The Hall–Kier alpha value is -3.03. The van der Waals surface area contributed by atoms with E-state index in [-0.39, 0.29) is 22.0 Å². The molecule has 2 aromatic rings. The quantitative estimate of drug-likeness (QED) is 0.279. The topological polar surface area (TPSA) is 136 Å². The normalized spacial score (nSPS) is 12.2. The lowest BCUT2D eigenvalue weighted by atomic mass is 10.00. The Morgan fingerprint density at radius 3 is 2.31 bits per heavy atom. The monoisotopic (exact) mass is 503 g/mol. The minimum atomic E-state index is -3.63. The van der Waals surface area contributed by atoms with Crippen LogP contribution in [0.15, 0.2) is 34.0 Å². The van der Waals surface area contributed by atoms with Crippen LogP contribution in [-0.2, 0) is 16.6 Å². The highest BCUT2D eigenvalue weighted by Crippen LogP contribution is 2.24. The molecule has 0 bridgehead atoms. The first-order valence-corrected chi connectivity index (χ1v) is 13.7. The number of aromatic hydroxyl groups is 1. The van der Waals surface area contributed by atoms with E-state index in [0.717, 1.165) is 32.1 Å². The van der Waals surface area contributed by atoms with Crippen molar-refractivity contribution in [3.63, 3.8) is 0 Å². The number of pyridine rings is 1. The third-order valence-corrected chi connectivity index (χ3v) is 7.58. The summed E-state index contributed by atoms with van der Waals surface area (Å²) in [5.74, 6) is -0.0286. The Labute approximate surface area is 208 Å². The first kappa shape index (κ1) is 28.2. The van der Waals surface area contributed by atoms with E-state index in [0.29, 0.717) is 36.7 Å². The highest BCUT2D eigenvalue weighted by atomic mass is 32.2. The van der Waals surface area contributed by atoms with E-state index in [9.17, 15) is 23.6 Å².